The molecule has 2 nitrogen and oxygen atoms in total. The van der Waals surface area contributed by atoms with E-state index in [4.69, 9.17) is 0 Å². The van der Waals surface area contributed by atoms with E-state index in [0.717, 1.165) is 13.0 Å². The summed E-state index contributed by atoms with van der Waals surface area (Å²) in [5.41, 5.74) is 0. The minimum Gasteiger partial charge on any atom is -0.854 e. The van der Waals surface area contributed by atoms with Crippen LogP contribution in [0.25, 0.3) is 0 Å². The zero-order valence-corrected chi connectivity index (χ0v) is 12.3. The van der Waals surface area contributed by atoms with Gasteiger partial charge in [-0.2, -0.15) is 0 Å². The molecule has 2 rings (SSSR count). The van der Waals surface area contributed by atoms with Crippen molar-refractivity contribution in [3.63, 3.8) is 0 Å². The first-order chi connectivity index (χ1) is 6.33. The predicted octanol–water partition coefficient (Wildman–Crippen LogP) is -2.05. The van der Waals surface area contributed by atoms with Gasteiger partial charge in [0.15, 0.2) is 0 Å². The molecule has 2 fully saturated rings. The van der Waals surface area contributed by atoms with E-state index >= 15 is 0 Å². The van der Waals surface area contributed by atoms with E-state index in [1.54, 1.807) is 0 Å². The van der Waals surface area contributed by atoms with Gasteiger partial charge < -0.3 is 10.0 Å². The van der Waals surface area contributed by atoms with Gasteiger partial charge in [0.2, 0.25) is 0 Å². The summed E-state index contributed by atoms with van der Waals surface area (Å²) in [6.45, 7) is 1.79. The Bertz CT molecular complexity index is 131. The van der Waals surface area contributed by atoms with Crippen molar-refractivity contribution in [3.8, 4) is 0 Å². The summed E-state index contributed by atoms with van der Waals surface area (Å²) in [6.07, 6.45) is 5.39. The molecule has 1 unspecified atom stereocenters. The molecule has 0 spiro atoms. The first-order valence-electron chi connectivity index (χ1n) is 5.27. The Morgan fingerprint density at radius 2 is 1.86 bits per heavy atom. The summed E-state index contributed by atoms with van der Waals surface area (Å²) < 4.78 is 12.6. The van der Waals surface area contributed by atoms with Crippen LogP contribution in [0.15, 0.2) is 0 Å². The minimum atomic E-state index is -0.694. The monoisotopic (exact) mass is 227 g/mol. The molecule has 0 radical (unpaired) electrons. The van der Waals surface area contributed by atoms with Crippen LogP contribution in [0.4, 0.5) is 4.39 Å². The van der Waals surface area contributed by atoms with Gasteiger partial charge >= 0.3 is 51.4 Å². The summed E-state index contributed by atoms with van der Waals surface area (Å²) in [5.74, 6) is 0. The van der Waals surface area contributed by atoms with Crippen molar-refractivity contribution >= 4 is 0 Å². The van der Waals surface area contributed by atoms with E-state index < -0.39 is 6.17 Å². The average Bonchev–Trinajstić information content (AvgIpc) is 2.90. The number of hydrogen-bond donors (Lipinski definition) is 0. The Hall–Kier alpha value is 1.49. The fourth-order valence-electron chi connectivity index (χ4n) is 1.33. The number of alkyl halides is 1. The third-order valence-electron chi connectivity index (χ3n) is 2.21. The molecule has 0 aromatic heterocycles. The molecule has 1 saturated carbocycles. The number of rotatable bonds is 2. The van der Waals surface area contributed by atoms with Crippen molar-refractivity contribution in [3.05, 3.63) is 0 Å². The maximum Gasteiger partial charge on any atom is 1.00 e. The maximum atomic E-state index is 12.6. The van der Waals surface area contributed by atoms with Gasteiger partial charge in [-0.25, -0.2) is 4.39 Å². The minimum absolute atomic E-state index is 0. The Labute approximate surface area is 129 Å². The van der Waals surface area contributed by atoms with Crippen molar-refractivity contribution in [2.24, 2.45) is 0 Å². The van der Waals surface area contributed by atoms with Crippen molar-refractivity contribution < 1.29 is 60.9 Å². The van der Waals surface area contributed by atoms with Crippen LogP contribution in [0.5, 0.6) is 0 Å². The van der Waals surface area contributed by atoms with Crippen LogP contribution in [0.2, 0.25) is 0 Å². The summed E-state index contributed by atoms with van der Waals surface area (Å²) >= 11 is 0. The molecule has 0 bridgehead atoms. The molecule has 1 aliphatic carbocycles. The number of piperidine rings is 1. The predicted molar refractivity (Wildman–Crippen MR) is 49.3 cm³/mol. The summed E-state index contributed by atoms with van der Waals surface area (Å²) in [6, 6.07) is 0. The van der Waals surface area contributed by atoms with Crippen molar-refractivity contribution in [1.29, 1.82) is 0 Å². The number of likely N-dealkylation sites (tertiary alicyclic amines) is 1. The Morgan fingerprint density at radius 1 is 1.21 bits per heavy atom. The van der Waals surface area contributed by atoms with E-state index in [1.807, 2.05) is 4.90 Å². The number of nitrogens with zero attached hydrogens (tertiary/aromatic N) is 1. The third kappa shape index (κ3) is 8.77. The van der Waals surface area contributed by atoms with Gasteiger partial charge in [0.1, 0.15) is 6.17 Å². The largest absolute Gasteiger partial charge is 1.00 e. The first-order valence-corrected chi connectivity index (χ1v) is 5.27. The molecule has 78 valence electrons. The molecule has 0 aromatic carbocycles. The number of halogens is 1. The van der Waals surface area contributed by atoms with E-state index in [0.29, 0.717) is 19.5 Å². The molecule has 0 aromatic rings. The number of hydrogen-bond acceptors (Lipinski definition) is 2. The summed E-state index contributed by atoms with van der Waals surface area (Å²) in [5, 5.41) is 10.1. The van der Waals surface area contributed by atoms with Crippen LogP contribution in [-0.4, -0.2) is 37.3 Å². The quantitative estimate of drug-likeness (QED) is 0.508. The Balaban J connectivity index is 0.000000360. The van der Waals surface area contributed by atoms with Gasteiger partial charge in [0.25, 0.3) is 0 Å². The van der Waals surface area contributed by atoms with Crippen LogP contribution in [0.1, 0.15) is 32.1 Å². The van der Waals surface area contributed by atoms with Crippen LogP contribution in [-0.2, 0) is 0 Å². The summed E-state index contributed by atoms with van der Waals surface area (Å²) in [7, 11) is 0. The molecule has 1 atom stereocenters. The Morgan fingerprint density at radius 3 is 2.29 bits per heavy atom. The van der Waals surface area contributed by atoms with Crippen molar-refractivity contribution in [2.45, 2.75) is 38.3 Å². The SMILES string of the molecule is C1CC1.[K+].[O-]CCN1CCCC(F)C1. The van der Waals surface area contributed by atoms with Gasteiger partial charge in [0, 0.05) is 6.54 Å². The van der Waals surface area contributed by atoms with Crippen molar-refractivity contribution in [2.75, 3.05) is 26.2 Å². The molecular formula is C10H19FKNO. The van der Waals surface area contributed by atoms with E-state index in [-0.39, 0.29) is 58.0 Å². The van der Waals surface area contributed by atoms with Crippen LogP contribution in [0, 0.1) is 0 Å². The van der Waals surface area contributed by atoms with Crippen molar-refractivity contribution in [1.82, 2.24) is 4.90 Å². The third-order valence-corrected chi connectivity index (χ3v) is 2.21. The van der Waals surface area contributed by atoms with Gasteiger partial charge in [-0.3, -0.25) is 0 Å². The van der Waals surface area contributed by atoms with E-state index in [1.165, 1.54) is 19.3 Å². The molecule has 1 aliphatic heterocycles. The fourth-order valence-corrected chi connectivity index (χ4v) is 1.33. The second-order valence-electron chi connectivity index (χ2n) is 3.80. The average molecular weight is 227 g/mol. The Kier molecular flexibility index (Phi) is 10.7. The van der Waals surface area contributed by atoms with Crippen LogP contribution in [0.3, 0.4) is 0 Å². The maximum absolute atomic E-state index is 12.6. The van der Waals surface area contributed by atoms with E-state index in [9.17, 15) is 9.50 Å². The molecule has 4 heteroatoms. The summed E-state index contributed by atoms with van der Waals surface area (Å²) in [4.78, 5) is 1.90. The second kappa shape index (κ2) is 9.69. The topological polar surface area (TPSA) is 26.3 Å². The normalized spacial score (nSPS) is 25.7. The van der Waals surface area contributed by atoms with Gasteiger partial charge in [-0.1, -0.05) is 19.3 Å². The molecule has 14 heavy (non-hydrogen) atoms. The molecule has 0 amide bonds. The molecule has 2 aliphatic rings. The van der Waals surface area contributed by atoms with Gasteiger partial charge in [-0.15, -0.1) is 6.61 Å². The van der Waals surface area contributed by atoms with Crippen LogP contribution >= 0.6 is 0 Å². The van der Waals surface area contributed by atoms with E-state index in [2.05, 4.69) is 0 Å². The zero-order valence-electron chi connectivity index (χ0n) is 9.17. The smallest absolute Gasteiger partial charge is 0.854 e. The molecular weight excluding hydrogens is 208 g/mol. The molecule has 1 heterocycles. The zero-order chi connectivity index (χ0) is 9.52. The van der Waals surface area contributed by atoms with Crippen LogP contribution < -0.4 is 56.5 Å². The fraction of sp³-hybridized carbons (Fsp3) is 1.00. The standard InChI is InChI=1S/C7H13FNO.C3H6.K/c8-7-2-1-3-9(6-7)4-5-10;1-2-3-1;/h7H,1-6H2;1-3H2;/q-1;;+1. The van der Waals surface area contributed by atoms with Gasteiger partial charge in [-0.05, 0) is 25.9 Å². The first kappa shape index (κ1) is 15.5. The molecule has 0 N–H and O–H groups in total. The molecule has 1 saturated heterocycles. The second-order valence-corrected chi connectivity index (χ2v) is 3.80. The van der Waals surface area contributed by atoms with Gasteiger partial charge in [0.05, 0.1) is 0 Å².